The van der Waals surface area contributed by atoms with Gasteiger partial charge in [-0.25, -0.2) is 23.9 Å². The average molecular weight is 610 g/mol. The molecule has 0 saturated carbocycles. The number of rotatable bonds is 8. The molecule has 3 N–H and O–H groups in total. The van der Waals surface area contributed by atoms with Crippen LogP contribution in [0, 0.1) is 0 Å². The molecule has 1 saturated heterocycles. The standard InChI is InChI=1S/C29H27F4N9O2/c1-44-28-20(7-18(9-36-28)24-8-21(29(31,32)33)25-26(34)37-15-38-42(24)25)27(43)39-23-14-40(13-22(23)30)12-19-10-35-16-41(19)11-17-5-3-2-4-6-17/h2-10,15-16,22-23H,11-14H2,1H3,(H,39,43)(H2,34,37,38). The van der Waals surface area contributed by atoms with Crippen LogP contribution in [0.5, 0.6) is 5.88 Å². The number of carbonyl (C=O) groups excluding carboxylic acids is 1. The molecule has 6 rings (SSSR count). The van der Waals surface area contributed by atoms with Gasteiger partial charge in [-0.2, -0.15) is 18.3 Å². The molecule has 2 atom stereocenters. The molecule has 11 nitrogen and oxygen atoms in total. The maximum absolute atomic E-state index is 15.2. The fourth-order valence-electron chi connectivity index (χ4n) is 5.39. The first-order chi connectivity index (χ1) is 21.1. The first kappa shape index (κ1) is 29.0. The van der Waals surface area contributed by atoms with Crippen molar-refractivity contribution >= 4 is 17.2 Å². The van der Waals surface area contributed by atoms with Crippen LogP contribution in [0.3, 0.4) is 0 Å². The maximum Gasteiger partial charge on any atom is 0.418 e. The number of fused-ring (bicyclic) bond motifs is 1. The summed E-state index contributed by atoms with van der Waals surface area (Å²) in [5, 5.41) is 6.64. The molecule has 0 bridgehead atoms. The van der Waals surface area contributed by atoms with Gasteiger partial charge in [0.05, 0.1) is 36.4 Å². The van der Waals surface area contributed by atoms with Gasteiger partial charge in [0.2, 0.25) is 5.88 Å². The lowest BCUT2D eigenvalue weighted by molar-refractivity contribution is -0.136. The van der Waals surface area contributed by atoms with Crippen LogP contribution < -0.4 is 15.8 Å². The topological polar surface area (TPSA) is 128 Å². The summed E-state index contributed by atoms with van der Waals surface area (Å²) in [5.74, 6) is -1.13. The second-order valence-corrected chi connectivity index (χ2v) is 10.4. The van der Waals surface area contributed by atoms with Crippen LogP contribution in [-0.4, -0.2) is 72.4 Å². The number of aromatic nitrogens is 6. The molecule has 1 fully saturated rings. The van der Waals surface area contributed by atoms with E-state index in [1.807, 2.05) is 39.8 Å². The highest BCUT2D eigenvalue weighted by atomic mass is 19.4. The summed E-state index contributed by atoms with van der Waals surface area (Å²) < 4.78 is 64.9. The van der Waals surface area contributed by atoms with Gasteiger partial charge in [0, 0.05) is 44.1 Å². The zero-order valence-corrected chi connectivity index (χ0v) is 23.4. The second kappa shape index (κ2) is 11.6. The highest BCUT2D eigenvalue weighted by Crippen LogP contribution is 2.39. The van der Waals surface area contributed by atoms with Crippen LogP contribution in [0.2, 0.25) is 0 Å². The Morgan fingerprint density at radius 1 is 1.11 bits per heavy atom. The molecule has 0 spiro atoms. The smallest absolute Gasteiger partial charge is 0.418 e. The number of benzene rings is 1. The van der Waals surface area contributed by atoms with Gasteiger partial charge in [0.1, 0.15) is 23.6 Å². The Bertz CT molecular complexity index is 1810. The molecular weight excluding hydrogens is 582 g/mol. The molecule has 15 heteroatoms. The molecule has 1 aliphatic heterocycles. The first-order valence-electron chi connectivity index (χ1n) is 13.6. The Balaban J connectivity index is 1.21. The minimum absolute atomic E-state index is 0.0202. The number of amides is 1. The lowest BCUT2D eigenvalue weighted by Crippen LogP contribution is -2.41. The van der Waals surface area contributed by atoms with Gasteiger partial charge in [-0.05, 0) is 17.7 Å². The summed E-state index contributed by atoms with van der Waals surface area (Å²) in [7, 11) is 1.30. The normalized spacial score (nSPS) is 17.3. The SMILES string of the molecule is COc1ncc(-c2cc(C(F)(F)F)c3c(N)ncnn23)cc1C(=O)NC1CN(Cc2cncn2Cc2ccccc2)CC1F. The van der Waals surface area contributed by atoms with Crippen LogP contribution >= 0.6 is 0 Å². The Labute approximate surface area is 248 Å². The number of nitrogen functional groups attached to an aromatic ring is 1. The number of nitrogens with one attached hydrogen (secondary N) is 1. The molecule has 5 heterocycles. The number of anilines is 1. The number of imidazole rings is 1. The third-order valence-electron chi connectivity index (χ3n) is 7.49. The first-order valence-corrected chi connectivity index (χ1v) is 13.6. The molecule has 228 valence electrons. The molecule has 1 aliphatic rings. The number of carbonyl (C=O) groups is 1. The van der Waals surface area contributed by atoms with Gasteiger partial charge < -0.3 is 20.4 Å². The monoisotopic (exact) mass is 609 g/mol. The summed E-state index contributed by atoms with van der Waals surface area (Å²) >= 11 is 0. The average Bonchev–Trinajstić information content (AvgIpc) is 3.71. The zero-order valence-electron chi connectivity index (χ0n) is 23.4. The second-order valence-electron chi connectivity index (χ2n) is 10.4. The summed E-state index contributed by atoms with van der Waals surface area (Å²) in [5.41, 5.74) is 6.33. The van der Waals surface area contributed by atoms with Crippen molar-refractivity contribution in [3.05, 3.63) is 89.9 Å². The number of nitrogens with zero attached hydrogens (tertiary/aromatic N) is 7. The van der Waals surface area contributed by atoms with Crippen molar-refractivity contribution in [1.29, 1.82) is 0 Å². The molecule has 5 aromatic rings. The van der Waals surface area contributed by atoms with Crippen LogP contribution in [0.15, 0.2) is 67.5 Å². The Morgan fingerprint density at radius 3 is 2.66 bits per heavy atom. The minimum Gasteiger partial charge on any atom is -0.480 e. The fourth-order valence-corrected chi connectivity index (χ4v) is 5.39. The number of halogens is 4. The quantitative estimate of drug-likeness (QED) is 0.256. The van der Waals surface area contributed by atoms with E-state index in [-0.39, 0.29) is 41.6 Å². The molecule has 0 radical (unpaired) electrons. The van der Waals surface area contributed by atoms with Crippen molar-refractivity contribution in [2.75, 3.05) is 25.9 Å². The van der Waals surface area contributed by atoms with Gasteiger partial charge in [0.25, 0.3) is 5.91 Å². The zero-order chi connectivity index (χ0) is 31.0. The molecule has 2 unspecified atom stereocenters. The number of hydrogen-bond acceptors (Lipinski definition) is 8. The predicted octanol–water partition coefficient (Wildman–Crippen LogP) is 3.60. The number of likely N-dealkylation sites (tertiary alicyclic amines) is 1. The van der Waals surface area contributed by atoms with Crippen LogP contribution in [0.1, 0.15) is 27.2 Å². The van der Waals surface area contributed by atoms with Gasteiger partial charge in [-0.15, -0.1) is 0 Å². The Kier molecular flexibility index (Phi) is 7.63. The van der Waals surface area contributed by atoms with E-state index in [0.717, 1.165) is 28.2 Å². The fraction of sp³-hybridized carbons (Fsp3) is 0.276. The maximum atomic E-state index is 15.2. The number of alkyl halides is 4. The molecule has 1 amide bonds. The van der Waals surface area contributed by atoms with Crippen LogP contribution in [-0.2, 0) is 19.3 Å². The van der Waals surface area contributed by atoms with Crippen molar-refractivity contribution in [2.24, 2.45) is 0 Å². The lowest BCUT2D eigenvalue weighted by Gasteiger charge is -2.18. The summed E-state index contributed by atoms with van der Waals surface area (Å²) in [4.78, 5) is 27.4. The van der Waals surface area contributed by atoms with Crippen molar-refractivity contribution < 1.29 is 27.1 Å². The predicted molar refractivity (Wildman–Crippen MR) is 151 cm³/mol. The molecule has 4 aromatic heterocycles. The summed E-state index contributed by atoms with van der Waals surface area (Å²) in [6, 6.07) is 11.2. The molecular formula is C29H27F4N9O2. The highest BCUT2D eigenvalue weighted by Gasteiger charge is 2.37. The van der Waals surface area contributed by atoms with Gasteiger partial charge in [-0.1, -0.05) is 30.3 Å². The number of methoxy groups -OCH3 is 1. The van der Waals surface area contributed by atoms with E-state index in [1.165, 1.54) is 19.4 Å². The van der Waals surface area contributed by atoms with E-state index in [1.54, 1.807) is 12.5 Å². The highest BCUT2D eigenvalue weighted by molar-refractivity contribution is 5.98. The number of pyridine rings is 1. The summed E-state index contributed by atoms with van der Waals surface area (Å²) in [6.07, 6.45) is -0.370. The van der Waals surface area contributed by atoms with Crippen molar-refractivity contribution in [3.63, 3.8) is 0 Å². The van der Waals surface area contributed by atoms with Crippen molar-refractivity contribution in [3.8, 4) is 17.1 Å². The number of hydrogen-bond donors (Lipinski definition) is 2. The van der Waals surface area contributed by atoms with E-state index in [4.69, 9.17) is 10.5 Å². The van der Waals surface area contributed by atoms with Crippen LogP contribution in [0.4, 0.5) is 23.4 Å². The molecule has 1 aromatic carbocycles. The summed E-state index contributed by atoms with van der Waals surface area (Å²) in [6.45, 7) is 1.36. The van der Waals surface area contributed by atoms with Crippen molar-refractivity contribution in [2.45, 2.75) is 31.5 Å². The molecule has 44 heavy (non-hydrogen) atoms. The third kappa shape index (κ3) is 5.65. The van der Waals surface area contributed by atoms with Gasteiger partial charge in [-0.3, -0.25) is 9.69 Å². The van der Waals surface area contributed by atoms with E-state index in [2.05, 4.69) is 25.4 Å². The van der Waals surface area contributed by atoms with E-state index in [9.17, 15) is 18.0 Å². The Hall–Kier alpha value is -5.05. The van der Waals surface area contributed by atoms with Gasteiger partial charge >= 0.3 is 6.18 Å². The molecule has 0 aliphatic carbocycles. The van der Waals surface area contributed by atoms with Crippen molar-refractivity contribution in [1.82, 2.24) is 39.3 Å². The van der Waals surface area contributed by atoms with Gasteiger partial charge in [0.15, 0.2) is 5.82 Å². The number of ether oxygens (including phenoxy) is 1. The van der Waals surface area contributed by atoms with E-state index in [0.29, 0.717) is 13.1 Å². The Morgan fingerprint density at radius 2 is 1.91 bits per heavy atom. The van der Waals surface area contributed by atoms with E-state index < -0.39 is 35.4 Å². The van der Waals surface area contributed by atoms with Crippen LogP contribution in [0.25, 0.3) is 16.8 Å². The van der Waals surface area contributed by atoms with E-state index >= 15 is 4.39 Å². The largest absolute Gasteiger partial charge is 0.480 e. The minimum atomic E-state index is -4.74. The third-order valence-corrected chi connectivity index (χ3v) is 7.49. The lowest BCUT2D eigenvalue weighted by atomic mass is 10.1. The number of nitrogens with two attached hydrogens (primary N) is 1.